The third-order valence-corrected chi connectivity index (χ3v) is 1.98. The van der Waals surface area contributed by atoms with Gasteiger partial charge in [-0.2, -0.15) is 0 Å². The van der Waals surface area contributed by atoms with Crippen molar-refractivity contribution < 1.29 is 19.2 Å². The zero-order valence-electron chi connectivity index (χ0n) is 8.09. The van der Waals surface area contributed by atoms with Crippen molar-refractivity contribution >= 4 is 11.7 Å². The summed E-state index contributed by atoms with van der Waals surface area (Å²) in [6.45, 7) is 0. The molecule has 7 heteroatoms. The molecule has 0 aliphatic carbocycles. The molecule has 0 aromatic heterocycles. The highest BCUT2D eigenvalue weighted by Gasteiger charge is 2.18. The minimum absolute atomic E-state index is 0.170. The lowest BCUT2D eigenvalue weighted by Gasteiger charge is -2.09. The number of rotatable bonds is 4. The van der Waals surface area contributed by atoms with Crippen molar-refractivity contribution in [3.63, 3.8) is 0 Å². The molecule has 86 valence electrons. The number of non-ortho nitro benzene ring substituents is 1. The zero-order valence-corrected chi connectivity index (χ0v) is 8.09. The first kappa shape index (κ1) is 12.1. The van der Waals surface area contributed by atoms with E-state index in [4.69, 9.17) is 10.8 Å². The molecule has 0 unspecified atom stereocenters. The number of carboxylic acids is 1. The fourth-order valence-electron chi connectivity index (χ4n) is 1.23. The first-order valence-corrected chi connectivity index (χ1v) is 4.33. The Balaban J connectivity index is 3.06. The molecule has 0 aliphatic rings. The maximum Gasteiger partial charge on any atom is 0.305 e. The Labute approximate surface area is 89.6 Å². The summed E-state index contributed by atoms with van der Waals surface area (Å²) in [6, 6.07) is 1.74. The van der Waals surface area contributed by atoms with E-state index in [9.17, 15) is 19.3 Å². The number of aliphatic carboxylic acids is 1. The predicted molar refractivity (Wildman–Crippen MR) is 52.2 cm³/mol. The molecule has 1 aromatic carbocycles. The van der Waals surface area contributed by atoms with Gasteiger partial charge in [0.2, 0.25) is 0 Å². The number of nitro benzene ring substituents is 1. The van der Waals surface area contributed by atoms with Crippen LogP contribution in [0.15, 0.2) is 18.2 Å². The van der Waals surface area contributed by atoms with Crippen molar-refractivity contribution in [2.24, 2.45) is 5.73 Å². The summed E-state index contributed by atoms with van der Waals surface area (Å²) in [5.74, 6) is -1.95. The Morgan fingerprint density at radius 2 is 2.25 bits per heavy atom. The molecule has 0 heterocycles. The Kier molecular flexibility index (Phi) is 3.51. The van der Waals surface area contributed by atoms with Crippen molar-refractivity contribution in [2.45, 2.75) is 12.5 Å². The second-order valence-electron chi connectivity index (χ2n) is 3.17. The molecule has 0 aliphatic heterocycles. The van der Waals surface area contributed by atoms with Crippen LogP contribution >= 0.6 is 0 Å². The number of carboxylic acid groups (broad SMARTS) is 1. The minimum Gasteiger partial charge on any atom is -0.481 e. The highest BCUT2D eigenvalue weighted by atomic mass is 19.1. The van der Waals surface area contributed by atoms with Crippen LogP contribution in [0, 0.1) is 15.9 Å². The van der Waals surface area contributed by atoms with E-state index in [0.29, 0.717) is 0 Å². The van der Waals surface area contributed by atoms with E-state index in [2.05, 4.69) is 0 Å². The maximum absolute atomic E-state index is 13.2. The van der Waals surface area contributed by atoms with E-state index in [1.807, 2.05) is 0 Å². The molecule has 6 nitrogen and oxygen atoms in total. The SMILES string of the molecule is N[C@H](CC(=O)O)c1cc([N+](=O)[O-])ccc1F. The molecule has 1 aromatic rings. The normalized spacial score (nSPS) is 12.1. The molecule has 0 spiro atoms. The van der Waals surface area contributed by atoms with Crippen LogP contribution in [-0.2, 0) is 4.79 Å². The average Bonchev–Trinajstić information content (AvgIpc) is 2.16. The quantitative estimate of drug-likeness (QED) is 0.595. The van der Waals surface area contributed by atoms with Crippen LogP contribution in [0.4, 0.5) is 10.1 Å². The molecule has 0 radical (unpaired) electrons. The van der Waals surface area contributed by atoms with Gasteiger partial charge < -0.3 is 10.8 Å². The van der Waals surface area contributed by atoms with E-state index in [0.717, 1.165) is 18.2 Å². The van der Waals surface area contributed by atoms with Gasteiger partial charge in [-0.05, 0) is 6.07 Å². The van der Waals surface area contributed by atoms with E-state index in [1.54, 1.807) is 0 Å². The predicted octanol–water partition coefficient (Wildman–Crippen LogP) is 1.21. The lowest BCUT2D eigenvalue weighted by Crippen LogP contribution is -2.16. The fourth-order valence-corrected chi connectivity index (χ4v) is 1.23. The molecule has 0 fully saturated rings. The maximum atomic E-state index is 13.2. The Morgan fingerprint density at radius 3 is 2.75 bits per heavy atom. The van der Waals surface area contributed by atoms with Crippen LogP contribution < -0.4 is 5.73 Å². The number of nitrogens with zero attached hydrogens (tertiary/aromatic N) is 1. The van der Waals surface area contributed by atoms with Crippen LogP contribution in [0.1, 0.15) is 18.0 Å². The summed E-state index contributed by atoms with van der Waals surface area (Å²) in [5.41, 5.74) is 4.93. The van der Waals surface area contributed by atoms with Gasteiger partial charge in [0.1, 0.15) is 5.82 Å². The van der Waals surface area contributed by atoms with Crippen molar-refractivity contribution in [1.82, 2.24) is 0 Å². The van der Waals surface area contributed by atoms with Gasteiger partial charge in [0.05, 0.1) is 11.3 Å². The Bertz CT molecular complexity index is 436. The highest BCUT2D eigenvalue weighted by molar-refractivity contribution is 5.68. The molecular formula is C9H9FN2O4. The van der Waals surface area contributed by atoms with Gasteiger partial charge in [0, 0.05) is 23.7 Å². The summed E-state index contributed by atoms with van der Waals surface area (Å²) >= 11 is 0. The van der Waals surface area contributed by atoms with Crippen molar-refractivity contribution in [1.29, 1.82) is 0 Å². The standard InChI is InChI=1S/C9H9FN2O4/c10-7-2-1-5(12(15)16)3-6(7)8(11)4-9(13)14/h1-3,8H,4,11H2,(H,13,14)/t8-/m1/s1. The number of benzene rings is 1. The summed E-state index contributed by atoms with van der Waals surface area (Å²) < 4.78 is 13.2. The first-order chi connectivity index (χ1) is 7.41. The number of hydrogen-bond acceptors (Lipinski definition) is 4. The summed E-state index contributed by atoms with van der Waals surface area (Å²) in [4.78, 5) is 20.1. The van der Waals surface area contributed by atoms with Gasteiger partial charge in [-0.15, -0.1) is 0 Å². The molecule has 0 saturated carbocycles. The molecule has 1 atom stereocenters. The first-order valence-electron chi connectivity index (χ1n) is 4.33. The smallest absolute Gasteiger partial charge is 0.305 e. The number of nitro groups is 1. The second kappa shape index (κ2) is 4.67. The monoisotopic (exact) mass is 228 g/mol. The van der Waals surface area contributed by atoms with E-state index in [1.165, 1.54) is 0 Å². The molecule has 16 heavy (non-hydrogen) atoms. The summed E-state index contributed by atoms with van der Waals surface area (Å²) in [6.07, 6.45) is -0.488. The molecule has 3 N–H and O–H groups in total. The van der Waals surface area contributed by atoms with Crippen molar-refractivity contribution in [3.8, 4) is 0 Å². The third kappa shape index (κ3) is 2.74. The second-order valence-corrected chi connectivity index (χ2v) is 3.17. The molecule has 0 saturated heterocycles. The topological polar surface area (TPSA) is 106 Å². The highest BCUT2D eigenvalue weighted by Crippen LogP contribution is 2.23. The third-order valence-electron chi connectivity index (χ3n) is 1.98. The number of carbonyl (C=O) groups is 1. The number of halogens is 1. The Morgan fingerprint density at radius 1 is 1.62 bits per heavy atom. The van der Waals surface area contributed by atoms with E-state index < -0.39 is 29.2 Å². The van der Waals surface area contributed by atoms with Crippen molar-refractivity contribution in [3.05, 3.63) is 39.7 Å². The lowest BCUT2D eigenvalue weighted by atomic mass is 10.0. The van der Waals surface area contributed by atoms with Gasteiger partial charge in [-0.1, -0.05) is 0 Å². The van der Waals surface area contributed by atoms with Gasteiger partial charge in [0.25, 0.3) is 5.69 Å². The van der Waals surface area contributed by atoms with E-state index in [-0.39, 0.29) is 11.3 Å². The summed E-state index contributed by atoms with van der Waals surface area (Å²) in [7, 11) is 0. The average molecular weight is 228 g/mol. The minimum atomic E-state index is -1.20. The van der Waals surface area contributed by atoms with Crippen LogP contribution in [0.5, 0.6) is 0 Å². The van der Waals surface area contributed by atoms with Gasteiger partial charge in [-0.3, -0.25) is 14.9 Å². The molecular weight excluding hydrogens is 219 g/mol. The summed E-state index contributed by atoms with van der Waals surface area (Å²) in [5, 5.41) is 18.9. The van der Waals surface area contributed by atoms with Crippen LogP contribution in [0.3, 0.4) is 0 Å². The molecule has 0 bridgehead atoms. The van der Waals surface area contributed by atoms with Crippen LogP contribution in [0.2, 0.25) is 0 Å². The largest absolute Gasteiger partial charge is 0.481 e. The lowest BCUT2D eigenvalue weighted by molar-refractivity contribution is -0.385. The van der Waals surface area contributed by atoms with Gasteiger partial charge in [-0.25, -0.2) is 4.39 Å². The van der Waals surface area contributed by atoms with E-state index >= 15 is 0 Å². The van der Waals surface area contributed by atoms with Crippen LogP contribution in [-0.4, -0.2) is 16.0 Å². The number of nitrogens with two attached hydrogens (primary N) is 1. The van der Waals surface area contributed by atoms with Crippen LogP contribution in [0.25, 0.3) is 0 Å². The van der Waals surface area contributed by atoms with Crippen molar-refractivity contribution in [2.75, 3.05) is 0 Å². The fraction of sp³-hybridized carbons (Fsp3) is 0.222. The number of hydrogen-bond donors (Lipinski definition) is 2. The molecule has 0 amide bonds. The molecule has 1 rings (SSSR count). The Hall–Kier alpha value is -2.02. The zero-order chi connectivity index (χ0) is 12.3. The van der Waals surface area contributed by atoms with Gasteiger partial charge >= 0.3 is 5.97 Å². The van der Waals surface area contributed by atoms with Gasteiger partial charge in [0.15, 0.2) is 0 Å².